The Bertz CT molecular complexity index is 475. The Morgan fingerprint density at radius 1 is 1.56 bits per heavy atom. The fourth-order valence-electron chi connectivity index (χ4n) is 2.44. The van der Waals surface area contributed by atoms with Crippen LogP contribution in [0.1, 0.15) is 32.4 Å². The van der Waals surface area contributed by atoms with Crippen molar-refractivity contribution in [3.05, 3.63) is 15.8 Å². The van der Waals surface area contributed by atoms with Crippen molar-refractivity contribution in [2.24, 2.45) is 18.4 Å². The molecule has 2 rings (SSSR count). The minimum absolute atomic E-state index is 0.0945. The lowest BCUT2D eigenvalue weighted by Crippen LogP contribution is -2.22. The summed E-state index contributed by atoms with van der Waals surface area (Å²) in [6.45, 7) is 6.86. The number of nitrogens with one attached hydrogen (secondary N) is 1. The van der Waals surface area contributed by atoms with Crippen molar-refractivity contribution in [1.82, 2.24) is 9.78 Å². The molecule has 0 radical (unpaired) electrons. The molecule has 0 bridgehead atoms. The lowest BCUT2D eigenvalue weighted by molar-refractivity contribution is -0.384. The van der Waals surface area contributed by atoms with E-state index in [9.17, 15) is 10.1 Å². The first-order valence-corrected chi connectivity index (χ1v) is 6.29. The fourth-order valence-corrected chi connectivity index (χ4v) is 2.44. The van der Waals surface area contributed by atoms with Crippen LogP contribution in [0.2, 0.25) is 0 Å². The highest BCUT2D eigenvalue weighted by Gasteiger charge is 2.45. The first-order valence-electron chi connectivity index (χ1n) is 6.29. The van der Waals surface area contributed by atoms with Crippen molar-refractivity contribution in [2.45, 2.75) is 33.6 Å². The third-order valence-electron chi connectivity index (χ3n) is 4.10. The number of aromatic nitrogens is 2. The largest absolute Gasteiger partial charge is 0.364 e. The summed E-state index contributed by atoms with van der Waals surface area (Å²) in [6.07, 6.45) is 2.39. The van der Waals surface area contributed by atoms with Gasteiger partial charge in [-0.25, -0.2) is 4.68 Å². The molecule has 0 saturated heterocycles. The Kier molecular flexibility index (Phi) is 3.04. The number of aryl methyl sites for hydroxylation is 2. The van der Waals surface area contributed by atoms with Crippen molar-refractivity contribution in [3.8, 4) is 0 Å². The maximum absolute atomic E-state index is 11.0. The third kappa shape index (κ3) is 2.07. The number of hydrogen-bond donors (Lipinski definition) is 1. The SMILES string of the molecule is Cc1nn(C)c(NCC2(C(C)C)CC2)c1[N+](=O)[O-]. The van der Waals surface area contributed by atoms with Crippen LogP contribution in [0.25, 0.3) is 0 Å². The van der Waals surface area contributed by atoms with Crippen LogP contribution in [0.15, 0.2) is 0 Å². The highest BCUT2D eigenvalue weighted by molar-refractivity contribution is 5.59. The van der Waals surface area contributed by atoms with E-state index in [1.165, 1.54) is 12.8 Å². The Balaban J connectivity index is 2.17. The number of nitro groups is 1. The smallest absolute Gasteiger partial charge is 0.333 e. The van der Waals surface area contributed by atoms with Crippen LogP contribution in [0.3, 0.4) is 0 Å². The number of nitrogens with zero attached hydrogens (tertiary/aromatic N) is 3. The molecule has 0 amide bonds. The molecular formula is C12H20N4O2. The summed E-state index contributed by atoms with van der Waals surface area (Å²) in [5, 5.41) is 18.4. The average Bonchev–Trinajstić information content (AvgIpc) is 2.98. The van der Waals surface area contributed by atoms with Gasteiger partial charge in [-0.15, -0.1) is 0 Å². The molecule has 1 N–H and O–H groups in total. The highest BCUT2D eigenvalue weighted by atomic mass is 16.6. The van der Waals surface area contributed by atoms with Crippen LogP contribution in [0.5, 0.6) is 0 Å². The van der Waals surface area contributed by atoms with Gasteiger partial charge in [0.25, 0.3) is 0 Å². The molecular weight excluding hydrogens is 232 g/mol. The van der Waals surface area contributed by atoms with Crippen LogP contribution in [0, 0.1) is 28.4 Å². The van der Waals surface area contributed by atoms with Gasteiger partial charge in [-0.3, -0.25) is 10.1 Å². The zero-order valence-corrected chi connectivity index (χ0v) is 11.4. The molecule has 1 aliphatic carbocycles. The second-order valence-corrected chi connectivity index (χ2v) is 5.53. The predicted octanol–water partition coefficient (Wildman–Crippen LogP) is 2.48. The summed E-state index contributed by atoms with van der Waals surface area (Å²) in [7, 11) is 1.73. The quantitative estimate of drug-likeness (QED) is 0.645. The molecule has 1 saturated carbocycles. The van der Waals surface area contributed by atoms with Gasteiger partial charge in [0.2, 0.25) is 5.82 Å². The monoisotopic (exact) mass is 252 g/mol. The van der Waals surface area contributed by atoms with E-state index in [-0.39, 0.29) is 10.6 Å². The number of rotatable bonds is 5. The summed E-state index contributed by atoms with van der Waals surface area (Å²) in [5.74, 6) is 1.11. The van der Waals surface area contributed by atoms with Crippen molar-refractivity contribution in [3.63, 3.8) is 0 Å². The van der Waals surface area contributed by atoms with Gasteiger partial charge in [-0.2, -0.15) is 5.10 Å². The van der Waals surface area contributed by atoms with Gasteiger partial charge in [0.1, 0.15) is 5.69 Å². The predicted molar refractivity (Wildman–Crippen MR) is 69.6 cm³/mol. The molecule has 1 aromatic rings. The summed E-state index contributed by atoms with van der Waals surface area (Å²) in [4.78, 5) is 10.7. The van der Waals surface area contributed by atoms with Gasteiger partial charge < -0.3 is 5.32 Å². The normalized spacial score (nSPS) is 16.9. The number of hydrogen-bond acceptors (Lipinski definition) is 4. The van der Waals surface area contributed by atoms with Crippen molar-refractivity contribution < 1.29 is 4.92 Å². The van der Waals surface area contributed by atoms with Crippen LogP contribution < -0.4 is 5.32 Å². The minimum Gasteiger partial charge on any atom is -0.364 e. The van der Waals surface area contributed by atoms with E-state index in [2.05, 4.69) is 24.3 Å². The first kappa shape index (κ1) is 12.9. The van der Waals surface area contributed by atoms with Crippen LogP contribution in [-0.4, -0.2) is 21.2 Å². The Morgan fingerprint density at radius 2 is 2.17 bits per heavy atom. The van der Waals surface area contributed by atoms with Crippen LogP contribution in [-0.2, 0) is 7.05 Å². The van der Waals surface area contributed by atoms with Gasteiger partial charge in [-0.1, -0.05) is 13.8 Å². The van der Waals surface area contributed by atoms with Gasteiger partial charge in [0, 0.05) is 13.6 Å². The van der Waals surface area contributed by atoms with Gasteiger partial charge >= 0.3 is 5.69 Å². The van der Waals surface area contributed by atoms with Gasteiger partial charge in [0.05, 0.1) is 4.92 Å². The van der Waals surface area contributed by atoms with E-state index in [0.717, 1.165) is 6.54 Å². The molecule has 18 heavy (non-hydrogen) atoms. The second-order valence-electron chi connectivity index (χ2n) is 5.53. The van der Waals surface area contributed by atoms with E-state index in [1.807, 2.05) is 0 Å². The molecule has 6 nitrogen and oxygen atoms in total. The summed E-state index contributed by atoms with van der Waals surface area (Å²) in [5.41, 5.74) is 0.864. The van der Waals surface area contributed by atoms with E-state index in [0.29, 0.717) is 22.8 Å². The molecule has 1 heterocycles. The van der Waals surface area contributed by atoms with Crippen LogP contribution >= 0.6 is 0 Å². The molecule has 1 fully saturated rings. The van der Waals surface area contributed by atoms with E-state index >= 15 is 0 Å². The summed E-state index contributed by atoms with van der Waals surface area (Å²) >= 11 is 0. The van der Waals surface area contributed by atoms with Gasteiger partial charge in [0.15, 0.2) is 0 Å². The Hall–Kier alpha value is -1.59. The molecule has 0 aliphatic heterocycles. The fraction of sp³-hybridized carbons (Fsp3) is 0.750. The molecule has 1 aromatic heterocycles. The molecule has 100 valence electrons. The van der Waals surface area contributed by atoms with E-state index in [1.54, 1.807) is 18.7 Å². The molecule has 0 unspecified atom stereocenters. The minimum atomic E-state index is -0.361. The van der Waals surface area contributed by atoms with Gasteiger partial charge in [-0.05, 0) is 31.1 Å². The summed E-state index contributed by atoms with van der Waals surface area (Å²) < 4.78 is 1.56. The zero-order valence-electron chi connectivity index (χ0n) is 11.4. The van der Waals surface area contributed by atoms with Crippen molar-refractivity contribution in [2.75, 3.05) is 11.9 Å². The van der Waals surface area contributed by atoms with Crippen molar-refractivity contribution in [1.29, 1.82) is 0 Å². The Morgan fingerprint density at radius 3 is 2.61 bits per heavy atom. The standard InChI is InChI=1S/C12H20N4O2/c1-8(2)12(5-6-12)7-13-11-10(16(17)18)9(3)14-15(11)4/h8,13H,5-7H2,1-4H3. The molecule has 0 atom stereocenters. The zero-order chi connectivity index (χ0) is 13.5. The Labute approximate surface area is 107 Å². The topological polar surface area (TPSA) is 73.0 Å². The maximum atomic E-state index is 11.0. The number of anilines is 1. The lowest BCUT2D eigenvalue weighted by atomic mass is 9.92. The highest BCUT2D eigenvalue weighted by Crippen LogP contribution is 2.51. The second kappa shape index (κ2) is 4.26. The summed E-state index contributed by atoms with van der Waals surface area (Å²) in [6, 6.07) is 0. The molecule has 6 heteroatoms. The lowest BCUT2D eigenvalue weighted by Gasteiger charge is -2.20. The van der Waals surface area contributed by atoms with E-state index in [4.69, 9.17) is 0 Å². The molecule has 0 spiro atoms. The molecule has 1 aliphatic rings. The maximum Gasteiger partial charge on any atom is 0.333 e. The van der Waals surface area contributed by atoms with E-state index < -0.39 is 0 Å². The van der Waals surface area contributed by atoms with Crippen LogP contribution in [0.4, 0.5) is 11.5 Å². The first-order chi connectivity index (χ1) is 8.37. The third-order valence-corrected chi connectivity index (χ3v) is 4.10. The molecule has 0 aromatic carbocycles. The van der Waals surface area contributed by atoms with Crippen molar-refractivity contribution >= 4 is 11.5 Å². The average molecular weight is 252 g/mol.